The van der Waals surface area contributed by atoms with Gasteiger partial charge in [0, 0.05) is 18.2 Å². The van der Waals surface area contributed by atoms with Crippen LogP contribution in [0.1, 0.15) is 27.2 Å². The first-order chi connectivity index (χ1) is 13.9. The molecule has 1 amide bonds. The molecule has 0 atom stereocenters. The number of carbonyl (C=O) groups is 1. The Morgan fingerprint density at radius 1 is 0.966 bits per heavy atom. The number of alkyl halides is 3. The van der Waals surface area contributed by atoms with Crippen molar-refractivity contribution in [2.24, 2.45) is 0 Å². The second-order valence-corrected chi connectivity index (χ2v) is 6.53. The van der Waals surface area contributed by atoms with Crippen LogP contribution < -0.4 is 5.32 Å². The number of halogens is 3. The highest BCUT2D eigenvalue weighted by Gasteiger charge is 2.31. The normalized spacial score (nSPS) is 11.6. The molecule has 0 fully saturated rings. The van der Waals surface area contributed by atoms with Gasteiger partial charge in [0.15, 0.2) is 0 Å². The molecular formula is C22H16F3N3O. The highest BCUT2D eigenvalue weighted by Crippen LogP contribution is 2.30. The lowest BCUT2D eigenvalue weighted by molar-refractivity contribution is -0.137. The standard InChI is InChI=1S/C22H16F3N3O/c23-22(24,25)17-10-6-9-16(14-17)21(29)27-20-18(13-15-7-2-1-3-8-15)26-19-11-4-5-12-28(19)20/h1-12,14H,13H2,(H,27,29). The molecule has 0 unspecified atom stereocenters. The van der Waals surface area contributed by atoms with Crippen LogP contribution in [0.3, 0.4) is 0 Å². The molecule has 2 aromatic carbocycles. The molecule has 0 bridgehead atoms. The average molecular weight is 395 g/mol. The number of anilines is 1. The van der Waals surface area contributed by atoms with Gasteiger partial charge in [0.2, 0.25) is 0 Å². The molecule has 0 aliphatic rings. The molecule has 2 aromatic heterocycles. The Hall–Kier alpha value is -3.61. The Balaban J connectivity index is 1.70. The number of nitrogens with one attached hydrogen (secondary N) is 1. The van der Waals surface area contributed by atoms with Crippen molar-refractivity contribution in [3.05, 3.63) is 101 Å². The van der Waals surface area contributed by atoms with Crippen LogP contribution in [-0.2, 0) is 12.6 Å². The number of hydrogen-bond donors (Lipinski definition) is 1. The SMILES string of the molecule is O=C(Nc1c(Cc2ccccc2)nc2ccccn12)c1cccc(C(F)(F)F)c1. The van der Waals surface area contributed by atoms with Crippen LogP contribution in [0.5, 0.6) is 0 Å². The maximum atomic E-state index is 13.0. The maximum Gasteiger partial charge on any atom is 0.416 e. The van der Waals surface area contributed by atoms with Crippen molar-refractivity contribution in [1.82, 2.24) is 9.38 Å². The first-order valence-corrected chi connectivity index (χ1v) is 8.90. The van der Waals surface area contributed by atoms with Crippen LogP contribution >= 0.6 is 0 Å². The molecular weight excluding hydrogens is 379 g/mol. The zero-order chi connectivity index (χ0) is 20.4. The molecule has 29 heavy (non-hydrogen) atoms. The van der Waals surface area contributed by atoms with Gasteiger partial charge in [-0.2, -0.15) is 13.2 Å². The summed E-state index contributed by atoms with van der Waals surface area (Å²) in [5.41, 5.74) is 1.33. The summed E-state index contributed by atoms with van der Waals surface area (Å²) in [6.45, 7) is 0. The van der Waals surface area contributed by atoms with E-state index in [9.17, 15) is 18.0 Å². The minimum absolute atomic E-state index is 0.0728. The summed E-state index contributed by atoms with van der Waals surface area (Å²) in [5, 5.41) is 2.74. The van der Waals surface area contributed by atoms with Gasteiger partial charge >= 0.3 is 6.18 Å². The van der Waals surface area contributed by atoms with Gasteiger partial charge in [-0.3, -0.25) is 9.20 Å². The zero-order valence-electron chi connectivity index (χ0n) is 15.1. The van der Waals surface area contributed by atoms with Gasteiger partial charge in [-0.05, 0) is 35.9 Å². The lowest BCUT2D eigenvalue weighted by Crippen LogP contribution is -2.16. The minimum atomic E-state index is -4.52. The second-order valence-electron chi connectivity index (χ2n) is 6.53. The Bertz CT molecular complexity index is 1170. The smallest absolute Gasteiger partial charge is 0.306 e. The summed E-state index contributed by atoms with van der Waals surface area (Å²) >= 11 is 0. The van der Waals surface area contributed by atoms with E-state index in [1.165, 1.54) is 12.1 Å². The topological polar surface area (TPSA) is 46.4 Å². The van der Waals surface area contributed by atoms with Crippen LogP contribution in [0, 0.1) is 0 Å². The molecule has 0 saturated carbocycles. The lowest BCUT2D eigenvalue weighted by atomic mass is 10.1. The zero-order valence-corrected chi connectivity index (χ0v) is 15.1. The summed E-state index contributed by atoms with van der Waals surface area (Å²) in [7, 11) is 0. The predicted molar refractivity (Wildman–Crippen MR) is 104 cm³/mol. The quantitative estimate of drug-likeness (QED) is 0.517. The van der Waals surface area contributed by atoms with Crippen LogP contribution in [0.15, 0.2) is 79.0 Å². The van der Waals surface area contributed by atoms with Gasteiger partial charge in [0.25, 0.3) is 5.91 Å². The number of fused-ring (bicyclic) bond motifs is 1. The second kappa shape index (κ2) is 7.43. The molecule has 0 aliphatic heterocycles. The van der Waals surface area contributed by atoms with Gasteiger partial charge in [0.1, 0.15) is 11.5 Å². The van der Waals surface area contributed by atoms with Crippen molar-refractivity contribution in [3.8, 4) is 0 Å². The molecule has 7 heteroatoms. The number of carbonyl (C=O) groups excluding carboxylic acids is 1. The van der Waals surface area contributed by atoms with E-state index in [4.69, 9.17) is 0 Å². The lowest BCUT2D eigenvalue weighted by Gasteiger charge is -2.10. The Morgan fingerprint density at radius 3 is 2.48 bits per heavy atom. The molecule has 0 radical (unpaired) electrons. The van der Waals surface area contributed by atoms with Crippen molar-refractivity contribution >= 4 is 17.4 Å². The third-order valence-electron chi connectivity index (χ3n) is 4.50. The number of aromatic nitrogens is 2. The molecule has 4 nitrogen and oxygen atoms in total. The maximum absolute atomic E-state index is 13.0. The molecule has 0 saturated heterocycles. The number of pyridine rings is 1. The third-order valence-corrected chi connectivity index (χ3v) is 4.50. The van der Waals surface area contributed by atoms with E-state index in [1.807, 2.05) is 36.4 Å². The molecule has 1 N–H and O–H groups in total. The van der Waals surface area contributed by atoms with Gasteiger partial charge < -0.3 is 5.32 Å². The van der Waals surface area contributed by atoms with E-state index in [2.05, 4.69) is 10.3 Å². The summed E-state index contributed by atoms with van der Waals surface area (Å²) < 4.78 is 40.6. The Labute approximate surface area is 164 Å². The van der Waals surface area contributed by atoms with Crippen molar-refractivity contribution in [1.29, 1.82) is 0 Å². The summed E-state index contributed by atoms with van der Waals surface area (Å²) in [6, 6.07) is 19.4. The molecule has 0 aliphatic carbocycles. The van der Waals surface area contributed by atoms with E-state index < -0.39 is 17.6 Å². The van der Waals surface area contributed by atoms with Gasteiger partial charge in [-0.15, -0.1) is 0 Å². The summed E-state index contributed by atoms with van der Waals surface area (Å²) in [5.74, 6) is -0.192. The third kappa shape index (κ3) is 3.99. The van der Waals surface area contributed by atoms with Crippen molar-refractivity contribution in [2.75, 3.05) is 5.32 Å². The Kier molecular flexibility index (Phi) is 4.80. The molecule has 2 heterocycles. The van der Waals surface area contributed by atoms with Crippen LogP contribution in [0.25, 0.3) is 5.65 Å². The number of rotatable bonds is 4. The molecule has 146 valence electrons. The number of amides is 1. The van der Waals surface area contributed by atoms with Gasteiger partial charge in [0.05, 0.1) is 11.3 Å². The van der Waals surface area contributed by atoms with Gasteiger partial charge in [-0.1, -0.05) is 42.5 Å². The van der Waals surface area contributed by atoms with Crippen molar-refractivity contribution < 1.29 is 18.0 Å². The molecule has 0 spiro atoms. The average Bonchev–Trinajstić information content (AvgIpc) is 3.05. The van der Waals surface area contributed by atoms with Crippen LogP contribution in [-0.4, -0.2) is 15.3 Å². The first-order valence-electron chi connectivity index (χ1n) is 8.90. The Morgan fingerprint density at radius 2 is 1.72 bits per heavy atom. The highest BCUT2D eigenvalue weighted by atomic mass is 19.4. The van der Waals surface area contributed by atoms with Crippen molar-refractivity contribution in [2.45, 2.75) is 12.6 Å². The number of nitrogens with zero attached hydrogens (tertiary/aromatic N) is 2. The largest absolute Gasteiger partial charge is 0.416 e. The van der Waals surface area contributed by atoms with Crippen LogP contribution in [0.4, 0.5) is 19.0 Å². The molecule has 4 aromatic rings. The van der Waals surface area contributed by atoms with Gasteiger partial charge in [-0.25, -0.2) is 4.98 Å². The van der Waals surface area contributed by atoms with Crippen molar-refractivity contribution in [3.63, 3.8) is 0 Å². The minimum Gasteiger partial charge on any atom is -0.306 e. The highest BCUT2D eigenvalue weighted by molar-refractivity contribution is 6.04. The van der Waals surface area contributed by atoms with E-state index in [0.717, 1.165) is 17.7 Å². The predicted octanol–water partition coefficient (Wildman–Crippen LogP) is 5.20. The summed E-state index contributed by atoms with van der Waals surface area (Å²) in [6.07, 6.45) is -2.29. The fourth-order valence-corrected chi connectivity index (χ4v) is 3.11. The van der Waals surface area contributed by atoms with Crippen LogP contribution in [0.2, 0.25) is 0 Å². The molecule has 4 rings (SSSR count). The summed E-state index contributed by atoms with van der Waals surface area (Å²) in [4.78, 5) is 17.3. The number of benzene rings is 2. The monoisotopic (exact) mass is 395 g/mol. The fraction of sp³-hybridized carbons (Fsp3) is 0.0909. The first kappa shape index (κ1) is 18.7. The number of hydrogen-bond acceptors (Lipinski definition) is 2. The number of imidazole rings is 1. The van der Waals surface area contributed by atoms with E-state index in [1.54, 1.807) is 22.7 Å². The van der Waals surface area contributed by atoms with E-state index >= 15 is 0 Å². The fourth-order valence-electron chi connectivity index (χ4n) is 3.11. The van der Waals surface area contributed by atoms with E-state index in [0.29, 0.717) is 23.6 Å². The van der Waals surface area contributed by atoms with E-state index in [-0.39, 0.29) is 5.56 Å².